The van der Waals surface area contributed by atoms with Crippen LogP contribution in [0.3, 0.4) is 0 Å². The number of hydrogen-bond acceptors (Lipinski definition) is 4. The molecule has 4 nitrogen and oxygen atoms in total. The second-order valence-electron chi connectivity index (χ2n) is 6.86. The fourth-order valence-corrected chi connectivity index (χ4v) is 3.75. The van der Waals surface area contributed by atoms with Crippen molar-refractivity contribution < 1.29 is 4.79 Å². The average Bonchev–Trinajstić information content (AvgIpc) is 3.05. The highest BCUT2D eigenvalue weighted by atomic mass is 16.1. The summed E-state index contributed by atoms with van der Waals surface area (Å²) in [6.07, 6.45) is 11.3. The van der Waals surface area contributed by atoms with Crippen molar-refractivity contribution in [3.05, 3.63) is 78.9 Å². The van der Waals surface area contributed by atoms with Crippen molar-refractivity contribution in [1.82, 2.24) is 9.80 Å². The smallest absolute Gasteiger partial charge is 0.178 e. The number of hydrogen-bond donors (Lipinski definition) is 0. The number of carbonyl (C=O) groups excluding carboxylic acids is 1. The number of carbonyl (C=O) groups is 1. The molecule has 2 aliphatic heterocycles. The lowest BCUT2D eigenvalue weighted by molar-refractivity contribution is -0.110. The van der Waals surface area contributed by atoms with Gasteiger partial charge >= 0.3 is 0 Å². The lowest BCUT2D eigenvalue weighted by Crippen LogP contribution is -2.48. The third kappa shape index (κ3) is 3.08. The van der Waals surface area contributed by atoms with Crippen molar-refractivity contribution in [2.24, 2.45) is 4.99 Å². The molecule has 0 N–H and O–H groups in total. The van der Waals surface area contributed by atoms with Gasteiger partial charge in [-0.05, 0) is 41.5 Å². The average molecular weight is 345 g/mol. The zero-order chi connectivity index (χ0) is 18.0. The van der Waals surface area contributed by atoms with E-state index in [-0.39, 0.29) is 5.78 Å². The van der Waals surface area contributed by atoms with Crippen molar-refractivity contribution in [1.29, 1.82) is 0 Å². The van der Waals surface area contributed by atoms with E-state index in [0.29, 0.717) is 0 Å². The summed E-state index contributed by atoms with van der Waals surface area (Å²) in [5, 5.41) is 0. The Kier molecular flexibility index (Phi) is 4.43. The zero-order valence-electron chi connectivity index (χ0n) is 14.8. The molecule has 0 aromatic heterocycles. The Balaban J connectivity index is 1.65. The lowest BCUT2D eigenvalue weighted by Gasteiger charge is -2.35. The maximum atomic E-state index is 11.7. The van der Waals surface area contributed by atoms with Crippen LogP contribution in [0.15, 0.2) is 78.4 Å². The molecule has 4 rings (SSSR count). The molecule has 2 heterocycles. The summed E-state index contributed by atoms with van der Waals surface area (Å²) in [5.74, 6) is 1.02. The Labute approximate surface area is 154 Å². The van der Waals surface area contributed by atoms with Gasteiger partial charge in [0.05, 0.1) is 0 Å². The summed E-state index contributed by atoms with van der Waals surface area (Å²) in [6, 6.07) is 10.3. The van der Waals surface area contributed by atoms with Gasteiger partial charge in [-0.25, -0.2) is 4.99 Å². The molecule has 0 saturated carbocycles. The normalized spacial score (nSPS) is 21.8. The van der Waals surface area contributed by atoms with Gasteiger partial charge in [0.1, 0.15) is 11.4 Å². The molecular weight excluding hydrogens is 322 g/mol. The standard InChI is InChI=1S/C22H23N3O/c1-2-12-24-13-15-25(16-14-24)21-17-20(18-6-4-3-5-7-18)22(23-21)10-8-19(26)9-11-22/h2-11,17H,1,12-16H2. The second-order valence-corrected chi connectivity index (χ2v) is 6.86. The Morgan fingerprint density at radius 3 is 2.42 bits per heavy atom. The van der Waals surface area contributed by atoms with Crippen molar-refractivity contribution in [3.8, 4) is 0 Å². The summed E-state index contributed by atoms with van der Waals surface area (Å²) in [4.78, 5) is 21.5. The summed E-state index contributed by atoms with van der Waals surface area (Å²) in [7, 11) is 0. The van der Waals surface area contributed by atoms with Crippen molar-refractivity contribution in [2.75, 3.05) is 32.7 Å². The van der Waals surface area contributed by atoms with Crippen LogP contribution in [0.25, 0.3) is 5.57 Å². The number of ketones is 1. The molecule has 1 fully saturated rings. The topological polar surface area (TPSA) is 35.9 Å². The highest BCUT2D eigenvalue weighted by Gasteiger charge is 2.37. The largest absolute Gasteiger partial charge is 0.354 e. The first kappa shape index (κ1) is 16.7. The molecule has 0 unspecified atom stereocenters. The number of aliphatic imine (C=N–C) groups is 1. The number of nitrogens with zero attached hydrogens (tertiary/aromatic N) is 3. The van der Waals surface area contributed by atoms with Crippen molar-refractivity contribution >= 4 is 17.2 Å². The van der Waals surface area contributed by atoms with Crippen LogP contribution >= 0.6 is 0 Å². The first-order chi connectivity index (χ1) is 12.7. The van der Waals surface area contributed by atoms with Gasteiger partial charge in [-0.15, -0.1) is 6.58 Å². The van der Waals surface area contributed by atoms with Crippen molar-refractivity contribution in [2.45, 2.75) is 5.54 Å². The molecule has 132 valence electrons. The predicted octanol–water partition coefficient (Wildman–Crippen LogP) is 2.72. The molecular formula is C22H23N3O. The van der Waals surface area contributed by atoms with Gasteiger partial charge in [0.15, 0.2) is 5.78 Å². The van der Waals surface area contributed by atoms with E-state index in [0.717, 1.165) is 49.7 Å². The summed E-state index contributed by atoms with van der Waals surface area (Å²) >= 11 is 0. The molecule has 0 atom stereocenters. The van der Waals surface area contributed by atoms with Gasteiger partial charge in [-0.3, -0.25) is 9.69 Å². The molecule has 0 amide bonds. The highest BCUT2D eigenvalue weighted by Crippen LogP contribution is 2.39. The monoisotopic (exact) mass is 345 g/mol. The van der Waals surface area contributed by atoms with E-state index in [1.54, 1.807) is 12.2 Å². The Hall–Kier alpha value is -2.72. The maximum Gasteiger partial charge on any atom is 0.178 e. The van der Waals surface area contributed by atoms with Gasteiger partial charge in [0.2, 0.25) is 0 Å². The molecule has 4 heteroatoms. The minimum atomic E-state index is -0.567. The summed E-state index contributed by atoms with van der Waals surface area (Å²) in [6.45, 7) is 8.69. The molecule has 3 aliphatic rings. The van der Waals surface area contributed by atoms with Crippen LogP contribution in [-0.4, -0.2) is 59.7 Å². The van der Waals surface area contributed by atoms with Crippen LogP contribution in [0.5, 0.6) is 0 Å². The van der Waals surface area contributed by atoms with Gasteiger partial charge < -0.3 is 4.90 Å². The van der Waals surface area contributed by atoms with Crippen LogP contribution in [0.4, 0.5) is 0 Å². The van der Waals surface area contributed by atoms with Crippen LogP contribution in [0.2, 0.25) is 0 Å². The Morgan fingerprint density at radius 1 is 1.08 bits per heavy atom. The predicted molar refractivity (Wildman–Crippen MR) is 106 cm³/mol. The fourth-order valence-electron chi connectivity index (χ4n) is 3.75. The Bertz CT molecular complexity index is 808. The van der Waals surface area contributed by atoms with Crippen LogP contribution in [0.1, 0.15) is 5.56 Å². The molecule has 1 aromatic carbocycles. The van der Waals surface area contributed by atoms with E-state index >= 15 is 0 Å². The second kappa shape index (κ2) is 6.89. The molecule has 0 bridgehead atoms. The highest BCUT2D eigenvalue weighted by molar-refractivity contribution is 6.09. The van der Waals surface area contributed by atoms with E-state index in [1.807, 2.05) is 36.4 Å². The number of rotatable bonds is 3. The van der Waals surface area contributed by atoms with Gasteiger partial charge in [-0.2, -0.15) is 0 Å². The fraction of sp³-hybridized carbons (Fsp3) is 0.273. The molecule has 1 saturated heterocycles. The zero-order valence-corrected chi connectivity index (χ0v) is 14.8. The van der Waals surface area contributed by atoms with Gasteiger partial charge in [0.25, 0.3) is 0 Å². The molecule has 1 spiro atoms. The lowest BCUT2D eigenvalue weighted by atomic mass is 9.83. The molecule has 1 aromatic rings. The van der Waals surface area contributed by atoms with Gasteiger partial charge in [0, 0.05) is 32.7 Å². The van der Waals surface area contributed by atoms with E-state index in [1.165, 1.54) is 0 Å². The van der Waals surface area contributed by atoms with E-state index < -0.39 is 5.54 Å². The van der Waals surface area contributed by atoms with Crippen molar-refractivity contribution in [3.63, 3.8) is 0 Å². The van der Waals surface area contributed by atoms with E-state index in [9.17, 15) is 4.79 Å². The van der Waals surface area contributed by atoms with E-state index in [2.05, 4.69) is 34.6 Å². The maximum absolute atomic E-state index is 11.7. The quantitative estimate of drug-likeness (QED) is 0.791. The number of amidine groups is 1. The number of benzene rings is 1. The van der Waals surface area contributed by atoms with E-state index in [4.69, 9.17) is 4.99 Å². The molecule has 1 aliphatic carbocycles. The van der Waals surface area contributed by atoms with Gasteiger partial charge in [-0.1, -0.05) is 36.4 Å². The van der Waals surface area contributed by atoms with Crippen LogP contribution < -0.4 is 0 Å². The van der Waals surface area contributed by atoms with Crippen LogP contribution in [0, 0.1) is 0 Å². The molecule has 0 radical (unpaired) electrons. The Morgan fingerprint density at radius 2 is 1.77 bits per heavy atom. The SMILES string of the molecule is C=CCN1CCN(C2=NC3(C=CC(=O)C=C3)C(c3ccccc3)=C2)CC1. The molecule has 26 heavy (non-hydrogen) atoms. The minimum Gasteiger partial charge on any atom is -0.354 e. The minimum absolute atomic E-state index is 0.0183. The van der Waals surface area contributed by atoms with Crippen LogP contribution in [-0.2, 0) is 4.79 Å². The summed E-state index contributed by atoms with van der Waals surface area (Å²) in [5.41, 5.74) is 1.70. The number of allylic oxidation sites excluding steroid dienone is 2. The third-order valence-electron chi connectivity index (χ3n) is 5.18. The summed E-state index contributed by atoms with van der Waals surface area (Å²) < 4.78 is 0. The first-order valence-electron chi connectivity index (χ1n) is 9.08. The third-order valence-corrected chi connectivity index (χ3v) is 5.18. The number of piperazine rings is 1. The first-order valence-corrected chi connectivity index (χ1v) is 9.08.